The lowest BCUT2D eigenvalue weighted by Gasteiger charge is -2.42. The molecule has 1 aromatic heterocycles. The molecule has 6 rings (SSSR count). The van der Waals surface area contributed by atoms with Crippen molar-refractivity contribution in [2.24, 2.45) is 0 Å². The van der Waals surface area contributed by atoms with Gasteiger partial charge >= 0.3 is 0 Å². The lowest BCUT2D eigenvalue weighted by molar-refractivity contribution is -0.133. The van der Waals surface area contributed by atoms with E-state index < -0.39 is 17.9 Å². The van der Waals surface area contributed by atoms with Crippen LogP contribution in [0.4, 0.5) is 28.8 Å². The van der Waals surface area contributed by atoms with E-state index in [4.69, 9.17) is 21.3 Å². The number of hydrogen-bond acceptors (Lipinski definition) is 13. The number of benzene rings is 3. The number of rotatable bonds is 21. The Morgan fingerprint density at radius 1 is 0.939 bits per heavy atom. The fourth-order valence-corrected chi connectivity index (χ4v) is 9.96. The summed E-state index contributed by atoms with van der Waals surface area (Å²) in [6.07, 6.45) is 7.43. The van der Waals surface area contributed by atoms with E-state index in [1.807, 2.05) is 51.1 Å². The minimum atomic E-state index is -1.07. The van der Waals surface area contributed by atoms with Crippen molar-refractivity contribution in [3.8, 4) is 5.75 Å². The second kappa shape index (κ2) is 24.0. The Kier molecular flexibility index (Phi) is 18.2. The van der Waals surface area contributed by atoms with E-state index in [-0.39, 0.29) is 18.9 Å². The quantitative estimate of drug-likeness (QED) is 0.0463. The molecule has 4 amide bonds. The molecule has 354 valence electrons. The summed E-state index contributed by atoms with van der Waals surface area (Å²) in [4.78, 5) is 65.6. The maximum atomic E-state index is 13.5. The van der Waals surface area contributed by atoms with Gasteiger partial charge in [0.25, 0.3) is 5.91 Å². The van der Waals surface area contributed by atoms with Crippen LogP contribution in [0, 0.1) is 13.8 Å². The molecule has 0 radical (unpaired) electrons. The molecule has 2 aliphatic rings. The van der Waals surface area contributed by atoms with E-state index in [0.29, 0.717) is 64.5 Å². The topological polar surface area (TPSA) is 161 Å². The van der Waals surface area contributed by atoms with Crippen LogP contribution in [0.5, 0.6) is 5.75 Å². The molecule has 2 fully saturated rings. The highest BCUT2D eigenvalue weighted by atomic mass is 35.5. The van der Waals surface area contributed by atoms with Crippen molar-refractivity contribution >= 4 is 76.8 Å². The standard InChI is InChI=1S/C50H66ClN9O5S/c1-8-11-44(48(63)54-30-61)60(31-62)49(64)40-27-37(15-14-34(40)6)52-20-25-58-21-18-38(19-22-58)59-23-16-36(17-24-59)39-28-45(65-32(2)3)43(26-35(39)7)56-50-53-29-41(51)47(57-50)55-42-12-9-10-13-46(42)66-33(4)5/h9-10,12-15,26-33,36,38,44,52H,8,11,16-25H2,1-7H3,(H,54,61,63)(H2,53,55,56,57). The van der Waals surface area contributed by atoms with Gasteiger partial charge in [0.15, 0.2) is 5.82 Å². The minimum Gasteiger partial charge on any atom is -0.489 e. The maximum Gasteiger partial charge on any atom is 0.261 e. The zero-order valence-corrected chi connectivity index (χ0v) is 40.9. The normalized spacial score (nSPS) is 15.6. The van der Waals surface area contributed by atoms with E-state index in [2.05, 4.69) is 75.0 Å². The molecule has 1 unspecified atom stereocenters. The molecule has 66 heavy (non-hydrogen) atoms. The van der Waals surface area contributed by atoms with Crippen LogP contribution in [-0.4, -0.2) is 112 Å². The predicted octanol–water partition coefficient (Wildman–Crippen LogP) is 9.32. The summed E-state index contributed by atoms with van der Waals surface area (Å²) in [7, 11) is 0. The SMILES string of the molecule is CCCC(C(=O)NC=O)N(C=O)C(=O)c1cc(NCCN2CCC(N3CCC(c4cc(OC(C)C)c(Nc5ncc(Cl)c(Nc6ccccc6SC(C)C)n5)cc4C)CC3)CC2)ccc1C. The second-order valence-corrected chi connectivity index (χ2v) is 19.8. The molecule has 4 aromatic rings. The van der Waals surface area contributed by atoms with Gasteiger partial charge in [0.2, 0.25) is 24.7 Å². The molecular formula is C50H66ClN9O5S. The fourth-order valence-electron chi connectivity index (χ4n) is 8.91. The molecule has 3 aromatic carbocycles. The molecule has 14 nitrogen and oxygen atoms in total. The van der Waals surface area contributed by atoms with E-state index in [0.717, 1.165) is 91.0 Å². The third-order valence-corrected chi connectivity index (χ3v) is 13.6. The van der Waals surface area contributed by atoms with Crippen molar-refractivity contribution in [2.45, 2.75) is 121 Å². The number of para-hydroxylation sites is 1. The van der Waals surface area contributed by atoms with Crippen LogP contribution >= 0.6 is 23.4 Å². The van der Waals surface area contributed by atoms with E-state index >= 15 is 0 Å². The van der Waals surface area contributed by atoms with Gasteiger partial charge in [-0.15, -0.1) is 11.8 Å². The maximum absolute atomic E-state index is 13.5. The fraction of sp³-hybridized carbons (Fsp3) is 0.480. The smallest absolute Gasteiger partial charge is 0.261 e. The van der Waals surface area contributed by atoms with Crippen molar-refractivity contribution in [1.82, 2.24) is 30.0 Å². The number of imide groups is 2. The third-order valence-electron chi connectivity index (χ3n) is 12.2. The number of likely N-dealkylation sites (tertiary alicyclic amines) is 2. The number of carbonyl (C=O) groups excluding carboxylic acids is 4. The van der Waals surface area contributed by atoms with Crippen LogP contribution in [0.25, 0.3) is 0 Å². The Labute approximate surface area is 399 Å². The van der Waals surface area contributed by atoms with E-state index in [1.54, 1.807) is 30.9 Å². The van der Waals surface area contributed by atoms with Crippen LogP contribution in [0.3, 0.4) is 0 Å². The van der Waals surface area contributed by atoms with Crippen molar-refractivity contribution in [3.63, 3.8) is 0 Å². The molecule has 0 saturated carbocycles. The number of ether oxygens (including phenoxy) is 1. The number of aryl methyl sites for hydroxylation is 2. The summed E-state index contributed by atoms with van der Waals surface area (Å²) in [6.45, 7) is 19.9. The first-order valence-corrected chi connectivity index (χ1v) is 24.5. The Morgan fingerprint density at radius 3 is 2.36 bits per heavy atom. The second-order valence-electron chi connectivity index (χ2n) is 17.8. The van der Waals surface area contributed by atoms with Crippen LogP contribution in [0.15, 0.2) is 65.7 Å². The van der Waals surface area contributed by atoms with Crippen molar-refractivity contribution in [2.75, 3.05) is 55.2 Å². The summed E-state index contributed by atoms with van der Waals surface area (Å²) in [5, 5.41) is 13.3. The van der Waals surface area contributed by atoms with Gasteiger partial charge in [-0.05, 0) is 145 Å². The molecule has 4 N–H and O–H groups in total. The molecule has 0 bridgehead atoms. The van der Waals surface area contributed by atoms with E-state index in [1.165, 1.54) is 11.1 Å². The molecule has 0 aliphatic carbocycles. The van der Waals surface area contributed by atoms with Crippen molar-refractivity contribution in [1.29, 1.82) is 0 Å². The lowest BCUT2D eigenvalue weighted by atomic mass is 9.85. The van der Waals surface area contributed by atoms with Crippen molar-refractivity contribution in [3.05, 3.63) is 88.1 Å². The third kappa shape index (κ3) is 13.2. The highest BCUT2D eigenvalue weighted by Gasteiger charge is 2.32. The van der Waals surface area contributed by atoms with Gasteiger partial charge in [0.05, 0.1) is 23.7 Å². The van der Waals surface area contributed by atoms with Crippen LogP contribution in [0.1, 0.15) is 106 Å². The zero-order chi connectivity index (χ0) is 47.3. The van der Waals surface area contributed by atoms with Gasteiger partial charge in [0.1, 0.15) is 16.8 Å². The van der Waals surface area contributed by atoms with Crippen LogP contribution in [0.2, 0.25) is 5.02 Å². The van der Waals surface area contributed by atoms with Crippen molar-refractivity contribution < 1.29 is 23.9 Å². The summed E-state index contributed by atoms with van der Waals surface area (Å²) < 4.78 is 6.42. The molecule has 3 heterocycles. The van der Waals surface area contributed by atoms with Gasteiger partial charge in [-0.1, -0.05) is 57.0 Å². The number of halogens is 1. The number of piperidine rings is 2. The van der Waals surface area contributed by atoms with Gasteiger partial charge in [-0.2, -0.15) is 4.98 Å². The average molecular weight is 941 g/mol. The molecular weight excluding hydrogens is 874 g/mol. The van der Waals surface area contributed by atoms with Crippen LogP contribution < -0.4 is 26.0 Å². The number of hydrogen-bond donors (Lipinski definition) is 4. The minimum absolute atomic E-state index is 0.0217. The summed E-state index contributed by atoms with van der Waals surface area (Å²) in [6, 6.07) is 17.5. The highest BCUT2D eigenvalue weighted by Crippen LogP contribution is 2.39. The number of nitrogens with one attached hydrogen (secondary N) is 4. The average Bonchev–Trinajstić information content (AvgIpc) is 3.29. The number of carbonyl (C=O) groups is 4. The van der Waals surface area contributed by atoms with Gasteiger partial charge in [-0.3, -0.25) is 29.4 Å². The number of thioether (sulfide) groups is 1. The molecule has 2 aliphatic heterocycles. The summed E-state index contributed by atoms with van der Waals surface area (Å²) in [5.74, 6) is 0.903. The molecule has 0 spiro atoms. The Morgan fingerprint density at radius 2 is 1.68 bits per heavy atom. The van der Waals surface area contributed by atoms with E-state index in [9.17, 15) is 19.2 Å². The first-order valence-electron chi connectivity index (χ1n) is 23.2. The number of aromatic nitrogens is 2. The first-order chi connectivity index (χ1) is 31.8. The summed E-state index contributed by atoms with van der Waals surface area (Å²) in [5.41, 5.74) is 6.06. The first kappa shape index (κ1) is 50.2. The van der Waals surface area contributed by atoms with Gasteiger partial charge in [0, 0.05) is 40.5 Å². The Hall–Kier alpha value is -5.22. The van der Waals surface area contributed by atoms with Gasteiger partial charge in [-0.25, -0.2) is 4.98 Å². The number of nitrogens with zero attached hydrogens (tertiary/aromatic N) is 5. The number of amides is 4. The Balaban J connectivity index is 1.01. The highest BCUT2D eigenvalue weighted by molar-refractivity contribution is 8.00. The predicted molar refractivity (Wildman–Crippen MR) is 266 cm³/mol. The molecule has 2 saturated heterocycles. The zero-order valence-electron chi connectivity index (χ0n) is 39.4. The monoisotopic (exact) mass is 939 g/mol. The number of anilines is 5. The molecule has 1 atom stereocenters. The van der Waals surface area contributed by atoms with Crippen LogP contribution in [-0.2, 0) is 14.4 Å². The lowest BCUT2D eigenvalue weighted by Crippen LogP contribution is -2.49. The largest absolute Gasteiger partial charge is 0.489 e. The van der Waals surface area contributed by atoms with Gasteiger partial charge < -0.3 is 30.5 Å². The Bertz CT molecular complexity index is 2300. The summed E-state index contributed by atoms with van der Waals surface area (Å²) >= 11 is 8.39. The molecule has 16 heteroatoms.